The van der Waals surface area contributed by atoms with Crippen molar-refractivity contribution in [2.75, 3.05) is 13.2 Å². The highest BCUT2D eigenvalue weighted by Gasteiger charge is 2.30. The summed E-state index contributed by atoms with van der Waals surface area (Å²) in [4.78, 5) is 12.3. The number of aromatic carboxylic acids is 1. The van der Waals surface area contributed by atoms with E-state index in [1.54, 1.807) is 12.1 Å². The lowest BCUT2D eigenvalue weighted by Crippen LogP contribution is -2.22. The Labute approximate surface area is 209 Å². The van der Waals surface area contributed by atoms with E-state index in [0.717, 1.165) is 22.1 Å². The van der Waals surface area contributed by atoms with Gasteiger partial charge in [-0.3, -0.25) is 0 Å². The van der Waals surface area contributed by atoms with Gasteiger partial charge in [0.15, 0.2) is 0 Å². The van der Waals surface area contributed by atoms with Crippen molar-refractivity contribution in [2.24, 2.45) is 11.8 Å². The zero-order valence-electron chi connectivity index (χ0n) is 19.4. The van der Waals surface area contributed by atoms with Crippen molar-refractivity contribution in [1.82, 2.24) is 0 Å². The van der Waals surface area contributed by atoms with Crippen LogP contribution in [0.3, 0.4) is 0 Å². The topological polar surface area (TPSA) is 55.8 Å². The lowest BCUT2D eigenvalue weighted by molar-refractivity contribution is 0.0694. The molecular weight excluding hydrogens is 468 g/mol. The van der Waals surface area contributed by atoms with Gasteiger partial charge < -0.3 is 14.6 Å². The van der Waals surface area contributed by atoms with Crippen molar-refractivity contribution < 1.29 is 19.4 Å². The Hall–Kier alpha value is -2.60. The van der Waals surface area contributed by atoms with Crippen molar-refractivity contribution in [3.8, 4) is 5.75 Å². The molecule has 0 fully saturated rings. The predicted molar refractivity (Wildman–Crippen MR) is 137 cm³/mol. The van der Waals surface area contributed by atoms with Crippen LogP contribution in [-0.4, -0.2) is 24.3 Å². The molecule has 4 rings (SSSR count). The second kappa shape index (κ2) is 10.8. The number of hydrogen-bond donors (Lipinski definition) is 1. The lowest BCUT2D eigenvalue weighted by atomic mass is 9.78. The van der Waals surface area contributed by atoms with Crippen LogP contribution in [0.1, 0.15) is 45.9 Å². The molecule has 1 unspecified atom stereocenters. The zero-order chi connectivity index (χ0) is 24.1. The minimum atomic E-state index is -0.906. The van der Waals surface area contributed by atoms with Gasteiger partial charge in [0.1, 0.15) is 10.6 Å². The van der Waals surface area contributed by atoms with Crippen LogP contribution >= 0.6 is 22.9 Å². The first kappa shape index (κ1) is 24.5. The van der Waals surface area contributed by atoms with Crippen molar-refractivity contribution >= 4 is 28.9 Å². The normalized spacial score (nSPS) is 18.0. The summed E-state index contributed by atoms with van der Waals surface area (Å²) in [5.74, 6) is 0.239. The van der Waals surface area contributed by atoms with Gasteiger partial charge in [-0.2, -0.15) is 0 Å². The molecule has 1 heterocycles. The summed E-state index contributed by atoms with van der Waals surface area (Å²) in [6, 6.07) is 22.2. The number of hydrogen-bond acceptors (Lipinski definition) is 4. The fraction of sp³-hybridized carbons (Fsp3) is 0.321. The molecule has 0 radical (unpaired) electrons. The van der Waals surface area contributed by atoms with Crippen LogP contribution in [0.25, 0.3) is 0 Å². The van der Waals surface area contributed by atoms with Crippen LogP contribution in [0.2, 0.25) is 0 Å². The Balaban J connectivity index is 1.30. The number of carbonyl (C=O) groups is 1. The van der Waals surface area contributed by atoms with Gasteiger partial charge in [-0.05, 0) is 47.7 Å². The largest absolute Gasteiger partial charge is 0.493 e. The summed E-state index contributed by atoms with van der Waals surface area (Å²) in [7, 11) is 0. The fourth-order valence-electron chi connectivity index (χ4n) is 4.26. The smallest absolute Gasteiger partial charge is 0.345 e. The summed E-state index contributed by atoms with van der Waals surface area (Å²) in [6.45, 7) is 5.89. The molecule has 178 valence electrons. The van der Waals surface area contributed by atoms with Crippen LogP contribution < -0.4 is 4.74 Å². The number of carboxylic acid groups (broad SMARTS) is 1. The van der Waals surface area contributed by atoms with Gasteiger partial charge in [0.2, 0.25) is 0 Å². The molecular formula is C28H29ClO4S. The van der Waals surface area contributed by atoms with Gasteiger partial charge in [0, 0.05) is 21.2 Å². The molecule has 0 saturated carbocycles. The van der Waals surface area contributed by atoms with Gasteiger partial charge in [-0.15, -0.1) is 11.3 Å². The molecule has 1 aromatic heterocycles. The Kier molecular flexibility index (Phi) is 7.77. The minimum absolute atomic E-state index is 0.0834. The maximum atomic E-state index is 11.0. The predicted octanol–water partition coefficient (Wildman–Crippen LogP) is 7.13. The lowest BCUT2D eigenvalue weighted by Gasteiger charge is -2.26. The Morgan fingerprint density at radius 3 is 2.41 bits per heavy atom. The van der Waals surface area contributed by atoms with E-state index in [0.29, 0.717) is 24.7 Å². The molecule has 0 amide bonds. The molecule has 1 aliphatic rings. The second-order valence-corrected chi connectivity index (χ2v) is 10.7. The average Bonchev–Trinajstić information content (AvgIpc) is 3.45. The molecule has 1 N–H and O–H groups in total. The van der Waals surface area contributed by atoms with Gasteiger partial charge in [0.25, 0.3) is 0 Å². The van der Waals surface area contributed by atoms with E-state index in [1.165, 1.54) is 22.5 Å². The molecule has 0 aliphatic heterocycles. The summed E-state index contributed by atoms with van der Waals surface area (Å²) in [5.41, 5.74) is 2.42. The monoisotopic (exact) mass is 496 g/mol. The molecule has 6 heteroatoms. The fourth-order valence-corrected chi connectivity index (χ4v) is 5.38. The van der Waals surface area contributed by atoms with Gasteiger partial charge >= 0.3 is 5.97 Å². The molecule has 0 bridgehead atoms. The highest BCUT2D eigenvalue weighted by Crippen LogP contribution is 2.36. The first-order chi connectivity index (χ1) is 16.3. The van der Waals surface area contributed by atoms with E-state index < -0.39 is 5.97 Å². The van der Waals surface area contributed by atoms with E-state index in [9.17, 15) is 4.79 Å². The number of halogens is 1. The quantitative estimate of drug-likeness (QED) is 0.324. The first-order valence-electron chi connectivity index (χ1n) is 11.4. The first-order valence-corrected chi connectivity index (χ1v) is 12.6. The number of thiophene rings is 1. The Morgan fingerprint density at radius 1 is 1.03 bits per heavy atom. The standard InChI is InChI=1S/C28H29ClO4S/c1-28(2,20-6-4-3-5-7-20)21-9-11-22(12-10-21)33-18-24-19(8-14-25(24)29)16-32-17-23-13-15-26(34-23)27(30)31/h3-7,9-15,19,24H,8,16-18H2,1-2H3,(H,30,31)/t19-,24?/m1/s1. The van der Waals surface area contributed by atoms with Crippen molar-refractivity contribution in [2.45, 2.75) is 32.3 Å². The zero-order valence-corrected chi connectivity index (χ0v) is 20.9. The molecule has 1 aliphatic carbocycles. The molecule has 4 nitrogen and oxygen atoms in total. The number of carboxylic acids is 1. The maximum absolute atomic E-state index is 11.0. The molecule has 0 saturated heterocycles. The van der Waals surface area contributed by atoms with Crippen LogP contribution in [0.5, 0.6) is 5.75 Å². The van der Waals surface area contributed by atoms with Crippen molar-refractivity contribution in [3.05, 3.63) is 98.7 Å². The van der Waals surface area contributed by atoms with E-state index in [4.69, 9.17) is 26.2 Å². The van der Waals surface area contributed by atoms with E-state index in [1.807, 2.05) is 24.3 Å². The van der Waals surface area contributed by atoms with Crippen molar-refractivity contribution in [3.63, 3.8) is 0 Å². The van der Waals surface area contributed by atoms with Gasteiger partial charge in [-0.25, -0.2) is 4.79 Å². The summed E-state index contributed by atoms with van der Waals surface area (Å²) < 4.78 is 12.0. The molecule has 2 aromatic carbocycles. The third-order valence-electron chi connectivity index (χ3n) is 6.49. The SMILES string of the molecule is CC(C)(c1ccccc1)c1ccc(OCC2C(Cl)=CC[C@@H]2COCc2ccc(C(=O)O)s2)cc1. The summed E-state index contributed by atoms with van der Waals surface area (Å²) in [6.07, 6.45) is 2.89. The number of allylic oxidation sites excluding steroid dienone is 1. The molecule has 3 aromatic rings. The van der Waals surface area contributed by atoms with Gasteiger partial charge in [0.05, 0.1) is 19.8 Å². The number of ether oxygens (including phenoxy) is 2. The van der Waals surface area contributed by atoms with E-state index in [-0.39, 0.29) is 17.3 Å². The average molecular weight is 497 g/mol. The van der Waals surface area contributed by atoms with Crippen LogP contribution in [0, 0.1) is 11.8 Å². The summed E-state index contributed by atoms with van der Waals surface area (Å²) in [5, 5.41) is 9.87. The summed E-state index contributed by atoms with van der Waals surface area (Å²) >= 11 is 7.73. The number of benzene rings is 2. The third-order valence-corrected chi connectivity index (χ3v) is 7.97. The van der Waals surface area contributed by atoms with E-state index >= 15 is 0 Å². The minimum Gasteiger partial charge on any atom is -0.493 e. The molecule has 34 heavy (non-hydrogen) atoms. The molecule has 0 spiro atoms. The Bertz CT molecular complexity index is 1130. The van der Waals surface area contributed by atoms with E-state index in [2.05, 4.69) is 50.2 Å². The van der Waals surface area contributed by atoms with Gasteiger partial charge in [-0.1, -0.05) is 74.0 Å². The van der Waals surface area contributed by atoms with Crippen LogP contribution in [-0.2, 0) is 16.8 Å². The second-order valence-electron chi connectivity index (χ2n) is 9.10. The Morgan fingerprint density at radius 2 is 1.74 bits per heavy atom. The highest BCUT2D eigenvalue weighted by atomic mass is 35.5. The van der Waals surface area contributed by atoms with Crippen molar-refractivity contribution in [1.29, 1.82) is 0 Å². The van der Waals surface area contributed by atoms with Crippen LogP contribution in [0.4, 0.5) is 0 Å². The maximum Gasteiger partial charge on any atom is 0.345 e. The number of rotatable bonds is 10. The molecule has 2 atom stereocenters. The highest BCUT2D eigenvalue weighted by molar-refractivity contribution is 7.13. The third kappa shape index (κ3) is 5.72. The van der Waals surface area contributed by atoms with Crippen LogP contribution in [0.15, 0.2) is 77.8 Å².